The predicted octanol–water partition coefficient (Wildman–Crippen LogP) is 4.17. The molecule has 0 aliphatic carbocycles. The van der Waals surface area contributed by atoms with Gasteiger partial charge in [0, 0.05) is 0 Å². The summed E-state index contributed by atoms with van der Waals surface area (Å²) in [7, 11) is -6.86. The fourth-order valence-electron chi connectivity index (χ4n) is 0.865. The average Bonchev–Trinajstić information content (AvgIpc) is 1.94. The van der Waals surface area contributed by atoms with Crippen LogP contribution < -0.4 is 0 Å². The smallest absolute Gasteiger partial charge is 0.202 e. The van der Waals surface area contributed by atoms with E-state index >= 15 is 0 Å². The van der Waals surface area contributed by atoms with Gasteiger partial charge in [-0.3, -0.25) is 0 Å². The van der Waals surface area contributed by atoms with Gasteiger partial charge in [-0.1, -0.05) is 0 Å². The Hall–Kier alpha value is 0.554. The zero-order valence-corrected chi connectivity index (χ0v) is 14.7. The number of rotatable bonds is 7. The maximum atomic E-state index is 11.5. The zero-order valence-electron chi connectivity index (χ0n) is 10.9. The molecule has 0 radical (unpaired) electrons. The highest BCUT2D eigenvalue weighted by Gasteiger charge is 2.36. The molecule has 0 saturated heterocycles. The van der Waals surface area contributed by atoms with Crippen LogP contribution in [0.25, 0.3) is 0 Å². The molecule has 0 aromatic rings. The van der Waals surface area contributed by atoms with E-state index in [4.69, 9.17) is 8.43 Å². The predicted molar refractivity (Wildman–Crippen MR) is 73.8 cm³/mol. The Bertz CT molecular complexity index is 242. The van der Waals surface area contributed by atoms with E-state index in [0.29, 0.717) is 12.3 Å². The first-order valence-corrected chi connectivity index (χ1v) is 14.8. The van der Waals surface area contributed by atoms with Crippen molar-refractivity contribution in [2.45, 2.75) is 39.3 Å². The van der Waals surface area contributed by atoms with Gasteiger partial charge in [-0.15, -0.1) is 0 Å². The Balaban J connectivity index is 3.90. The Labute approximate surface area is 102 Å². The molecule has 0 rings (SSSR count). The second-order valence-corrected chi connectivity index (χ2v) is 17.7. The lowest BCUT2D eigenvalue weighted by atomic mass is 11.0. The molecule has 0 bridgehead atoms. The molecule has 8 heteroatoms. The fourth-order valence-corrected chi connectivity index (χ4v) is 7.79. The first kappa shape index (κ1) is 16.6. The van der Waals surface area contributed by atoms with Crippen molar-refractivity contribution < 1.29 is 17.6 Å². The van der Waals surface area contributed by atoms with E-state index < -0.39 is 32.7 Å². The van der Waals surface area contributed by atoms with Crippen molar-refractivity contribution in [2.24, 2.45) is 0 Å². The summed E-state index contributed by atoms with van der Waals surface area (Å²) in [5.74, 6) is 0. The summed E-state index contributed by atoms with van der Waals surface area (Å²) in [5.41, 5.74) is 0. The van der Waals surface area contributed by atoms with Crippen molar-refractivity contribution in [3.63, 3.8) is 0 Å². The minimum absolute atomic E-state index is 0.333. The van der Waals surface area contributed by atoms with Crippen molar-refractivity contribution >= 4 is 32.7 Å². The van der Waals surface area contributed by atoms with Crippen LogP contribution in [0.15, 0.2) is 0 Å². The molecule has 0 aliphatic rings. The molecule has 2 unspecified atom stereocenters. The highest BCUT2D eigenvalue weighted by atomic mass is 31.1. The average molecular weight is 300 g/mol. The van der Waals surface area contributed by atoms with Crippen LogP contribution >= 0.6 is 16.1 Å². The van der Waals surface area contributed by atoms with Crippen LogP contribution in [0.2, 0.25) is 39.3 Å². The first-order chi connectivity index (χ1) is 6.99. The number of hydrogen-bond acceptors (Lipinski definition) is 4. The van der Waals surface area contributed by atoms with Crippen LogP contribution in [0.4, 0.5) is 0 Å². The van der Waals surface area contributed by atoms with Gasteiger partial charge in [0.05, 0.1) is 0 Å². The second kappa shape index (κ2) is 6.48. The van der Waals surface area contributed by atoms with Gasteiger partial charge in [0.25, 0.3) is 16.6 Å². The second-order valence-electron chi connectivity index (χ2n) is 5.52. The van der Waals surface area contributed by atoms with Crippen molar-refractivity contribution in [1.29, 1.82) is 0 Å². The van der Waals surface area contributed by atoms with Gasteiger partial charge in [0.1, 0.15) is 0 Å². The van der Waals surface area contributed by atoms with Gasteiger partial charge in [0.15, 0.2) is 0 Å². The molecule has 0 saturated carbocycles. The molecule has 2 atom stereocenters. The molecule has 4 nitrogen and oxygen atoms in total. The molecule has 0 heterocycles. The minimum Gasteiger partial charge on any atom is -0.202 e. The standard InChI is InChI=1S/C8H22O4P2Si2/c1-15(2,3)11-13(9)7-8-14(10)12-16(4,5)6/h7-8H2,1-6H3/q+2. The van der Waals surface area contributed by atoms with Gasteiger partial charge in [-0.2, -0.15) is 0 Å². The molecule has 0 fully saturated rings. The van der Waals surface area contributed by atoms with Crippen molar-refractivity contribution in [1.82, 2.24) is 0 Å². The van der Waals surface area contributed by atoms with E-state index in [2.05, 4.69) is 0 Å². The van der Waals surface area contributed by atoms with Crippen LogP contribution in [0.1, 0.15) is 0 Å². The third kappa shape index (κ3) is 11.1. The van der Waals surface area contributed by atoms with Gasteiger partial charge in [-0.05, 0) is 48.4 Å². The number of hydrogen-bond donors (Lipinski definition) is 0. The van der Waals surface area contributed by atoms with Crippen molar-refractivity contribution in [3.05, 3.63) is 0 Å². The molecule has 0 aromatic carbocycles. The Morgan fingerprint density at radius 1 is 0.750 bits per heavy atom. The van der Waals surface area contributed by atoms with Gasteiger partial charge >= 0.3 is 16.1 Å². The van der Waals surface area contributed by atoms with Crippen LogP contribution in [0.5, 0.6) is 0 Å². The summed E-state index contributed by atoms with van der Waals surface area (Å²) in [6.07, 6.45) is 0.665. The van der Waals surface area contributed by atoms with E-state index in [1.54, 1.807) is 0 Å². The molecule has 0 amide bonds. The van der Waals surface area contributed by atoms with Crippen LogP contribution in [0, 0.1) is 0 Å². The monoisotopic (exact) mass is 300 g/mol. The van der Waals surface area contributed by atoms with Crippen LogP contribution in [-0.4, -0.2) is 29.0 Å². The van der Waals surface area contributed by atoms with Gasteiger partial charge in [-0.25, -0.2) is 8.43 Å². The van der Waals surface area contributed by atoms with Crippen LogP contribution in [0.3, 0.4) is 0 Å². The lowest BCUT2D eigenvalue weighted by Gasteiger charge is -2.06. The van der Waals surface area contributed by atoms with Gasteiger partial charge < -0.3 is 0 Å². The summed E-state index contributed by atoms with van der Waals surface area (Å²) in [6.45, 7) is 11.9. The third-order valence-corrected chi connectivity index (χ3v) is 8.76. The molecule has 16 heavy (non-hydrogen) atoms. The zero-order chi connectivity index (χ0) is 13.0. The molecule has 0 spiro atoms. The van der Waals surface area contributed by atoms with E-state index in [0.717, 1.165) is 0 Å². The Morgan fingerprint density at radius 3 is 1.19 bits per heavy atom. The van der Waals surface area contributed by atoms with Gasteiger partial charge in [0.2, 0.25) is 12.3 Å². The van der Waals surface area contributed by atoms with Crippen molar-refractivity contribution in [3.8, 4) is 0 Å². The SMILES string of the molecule is C[Si](C)(C)O[P+](=O)CC[P+](=O)O[Si](C)(C)C. The summed E-state index contributed by atoms with van der Waals surface area (Å²) in [5, 5.41) is 0. The lowest BCUT2D eigenvalue weighted by Crippen LogP contribution is -2.22. The quantitative estimate of drug-likeness (QED) is 0.523. The molecular formula is C8H22O4P2Si2+2. The molecule has 0 aromatic heterocycles. The molecule has 94 valence electrons. The van der Waals surface area contributed by atoms with E-state index in [1.165, 1.54) is 0 Å². The normalized spacial score (nSPS) is 14.9. The third-order valence-electron chi connectivity index (χ3n) is 1.22. The topological polar surface area (TPSA) is 52.6 Å². The molecule has 0 N–H and O–H groups in total. The fraction of sp³-hybridized carbons (Fsp3) is 1.00. The van der Waals surface area contributed by atoms with E-state index in [9.17, 15) is 9.13 Å². The molecular weight excluding hydrogens is 278 g/mol. The highest BCUT2D eigenvalue weighted by molar-refractivity contribution is 7.45. The van der Waals surface area contributed by atoms with Crippen LogP contribution in [-0.2, 0) is 17.6 Å². The minimum atomic E-state index is -1.75. The Morgan fingerprint density at radius 2 is 1.00 bits per heavy atom. The van der Waals surface area contributed by atoms with E-state index in [1.807, 2.05) is 39.3 Å². The molecule has 0 aliphatic heterocycles. The lowest BCUT2D eigenvalue weighted by molar-refractivity contribution is 0.496. The highest BCUT2D eigenvalue weighted by Crippen LogP contribution is 2.34. The Kier molecular flexibility index (Phi) is 6.70. The van der Waals surface area contributed by atoms with Crippen molar-refractivity contribution in [2.75, 3.05) is 12.3 Å². The maximum absolute atomic E-state index is 11.5. The van der Waals surface area contributed by atoms with E-state index in [-0.39, 0.29) is 0 Å². The summed E-state index contributed by atoms with van der Waals surface area (Å²) in [4.78, 5) is 0. The summed E-state index contributed by atoms with van der Waals surface area (Å²) >= 11 is 0. The largest absolute Gasteiger partial charge is 0.500 e. The summed E-state index contributed by atoms with van der Waals surface area (Å²) in [6, 6.07) is 0. The summed E-state index contributed by atoms with van der Waals surface area (Å²) < 4.78 is 33.8. The maximum Gasteiger partial charge on any atom is 0.500 e. The first-order valence-electron chi connectivity index (χ1n) is 5.27.